The summed E-state index contributed by atoms with van der Waals surface area (Å²) in [6.07, 6.45) is -36.0. The zero-order valence-corrected chi connectivity index (χ0v) is 15.6. The van der Waals surface area contributed by atoms with Crippen LogP contribution in [-0.4, -0.2) is 73.4 Å². The predicted molar refractivity (Wildman–Crippen MR) is 80.4 cm³/mol. The molecule has 0 spiro atoms. The van der Waals surface area contributed by atoms with Gasteiger partial charge < -0.3 is 4.74 Å². The summed E-state index contributed by atoms with van der Waals surface area (Å²) >= 11 is 0. The summed E-state index contributed by atoms with van der Waals surface area (Å²) in [6.45, 7) is 5.06. The van der Waals surface area contributed by atoms with Crippen molar-refractivity contribution in [3.05, 3.63) is 25.3 Å². The smallest absolute Gasteiger partial charge is 0.349 e. The van der Waals surface area contributed by atoms with E-state index in [1.165, 1.54) is 0 Å². The Morgan fingerprint density at radius 3 is 0.848 bits per heavy atom. The first-order valence-corrected chi connectivity index (χ1v) is 8.20. The van der Waals surface area contributed by atoms with Crippen LogP contribution in [0.3, 0.4) is 0 Å². The third-order valence-electron chi connectivity index (χ3n) is 4.07. The predicted octanol–water partition coefficient (Wildman–Crippen LogP) is 6.54. The molecule has 0 bridgehead atoms. The maximum absolute atomic E-state index is 14.0. The lowest BCUT2D eigenvalue weighted by Gasteiger charge is -2.36. The monoisotopic (exact) mass is 526 g/mol. The van der Waals surface area contributed by atoms with E-state index < -0.39 is 73.4 Å². The molecule has 0 saturated heterocycles. The molecule has 0 aromatic heterocycles. The number of alkyl halides is 16. The summed E-state index contributed by atoms with van der Waals surface area (Å²) in [5.74, 6) is -25.7. The summed E-state index contributed by atoms with van der Waals surface area (Å²) < 4.78 is 214. The van der Waals surface area contributed by atoms with Crippen LogP contribution in [0.2, 0.25) is 0 Å². The first-order chi connectivity index (χ1) is 14.7. The van der Waals surface area contributed by atoms with E-state index in [1.54, 1.807) is 0 Å². The number of halogens is 16. The Bertz CT molecular complexity index is 596. The Balaban J connectivity index is 5.99. The summed E-state index contributed by atoms with van der Waals surface area (Å²) in [6, 6.07) is 0. The van der Waals surface area contributed by atoms with Gasteiger partial charge in [-0.1, -0.05) is 12.2 Å². The second-order valence-electron chi connectivity index (χ2n) is 6.30. The van der Waals surface area contributed by atoms with Gasteiger partial charge in [-0.25, -0.2) is 35.1 Å². The van der Waals surface area contributed by atoms with Gasteiger partial charge in [0.15, 0.2) is 12.3 Å². The molecule has 17 heteroatoms. The third kappa shape index (κ3) is 5.88. The molecule has 0 N–H and O–H groups in total. The summed E-state index contributed by atoms with van der Waals surface area (Å²) in [5, 5.41) is 0. The van der Waals surface area contributed by atoms with E-state index in [0.29, 0.717) is 0 Å². The standard InChI is InChI=1S/C16H14F16O/c1-3-5(7(17)13(25,26)15(29,30)9(19)11(21)22)33-6(4-2)8(18)14(27,28)16(31,32)10(20)12(23)24/h3-12H,1-2H2. The van der Waals surface area contributed by atoms with E-state index in [-0.39, 0.29) is 12.2 Å². The van der Waals surface area contributed by atoms with Crippen molar-refractivity contribution in [3.63, 3.8) is 0 Å². The highest BCUT2D eigenvalue weighted by molar-refractivity contribution is 5.07. The maximum Gasteiger partial charge on any atom is 0.349 e. The quantitative estimate of drug-likeness (QED) is 0.185. The summed E-state index contributed by atoms with van der Waals surface area (Å²) in [5.41, 5.74) is 0. The molecule has 1 nitrogen and oxygen atoms in total. The molecule has 0 aliphatic rings. The average molecular weight is 526 g/mol. The molecule has 0 aliphatic heterocycles. The fourth-order valence-corrected chi connectivity index (χ4v) is 2.13. The highest BCUT2D eigenvalue weighted by Gasteiger charge is 2.71. The Kier molecular flexibility index (Phi) is 10.2. The summed E-state index contributed by atoms with van der Waals surface area (Å²) in [7, 11) is 0. The molecule has 0 saturated carbocycles. The van der Waals surface area contributed by atoms with Gasteiger partial charge in [0.25, 0.3) is 12.9 Å². The minimum atomic E-state index is -6.46. The van der Waals surface area contributed by atoms with Crippen molar-refractivity contribution in [2.24, 2.45) is 0 Å². The lowest BCUT2D eigenvalue weighted by atomic mass is 9.96. The van der Waals surface area contributed by atoms with Gasteiger partial charge in [-0.3, -0.25) is 0 Å². The zero-order chi connectivity index (χ0) is 26.7. The molecule has 0 radical (unpaired) electrons. The Labute approximate surface area is 175 Å². The first kappa shape index (κ1) is 31.3. The third-order valence-corrected chi connectivity index (χ3v) is 4.07. The second kappa shape index (κ2) is 10.7. The van der Waals surface area contributed by atoms with Crippen LogP contribution in [0.25, 0.3) is 0 Å². The van der Waals surface area contributed by atoms with Crippen molar-refractivity contribution in [3.8, 4) is 0 Å². The number of ether oxygens (including phenoxy) is 1. The fourth-order valence-electron chi connectivity index (χ4n) is 2.13. The second-order valence-corrected chi connectivity index (χ2v) is 6.30. The molecule has 0 aliphatic carbocycles. The van der Waals surface area contributed by atoms with E-state index in [2.05, 4.69) is 17.9 Å². The summed E-state index contributed by atoms with van der Waals surface area (Å²) in [4.78, 5) is 0. The van der Waals surface area contributed by atoms with Crippen LogP contribution in [0.5, 0.6) is 0 Å². The van der Waals surface area contributed by atoms with Crippen LogP contribution in [-0.2, 0) is 4.74 Å². The normalized spacial score (nSPS) is 19.7. The van der Waals surface area contributed by atoms with E-state index in [0.717, 1.165) is 0 Å². The molecular weight excluding hydrogens is 512 g/mol. The SMILES string of the molecule is C=CC(OC(C=C)C(F)C(F)(F)C(F)(F)C(F)C(F)F)C(F)C(F)(F)C(F)(F)C(F)C(F)F. The maximum atomic E-state index is 14.0. The Hall–Kier alpha value is -1.68. The molecule has 33 heavy (non-hydrogen) atoms. The van der Waals surface area contributed by atoms with Gasteiger partial charge in [0, 0.05) is 0 Å². The van der Waals surface area contributed by atoms with Crippen LogP contribution < -0.4 is 0 Å². The van der Waals surface area contributed by atoms with Gasteiger partial charge in [-0.2, -0.15) is 35.1 Å². The Morgan fingerprint density at radius 1 is 0.455 bits per heavy atom. The van der Waals surface area contributed by atoms with Crippen molar-refractivity contribution >= 4 is 0 Å². The molecule has 0 aromatic carbocycles. The molecule has 6 atom stereocenters. The highest BCUT2D eigenvalue weighted by Crippen LogP contribution is 2.47. The van der Waals surface area contributed by atoms with Gasteiger partial charge in [0.1, 0.15) is 12.2 Å². The number of hydrogen-bond donors (Lipinski definition) is 0. The fraction of sp³-hybridized carbons (Fsp3) is 0.750. The molecule has 0 amide bonds. The first-order valence-electron chi connectivity index (χ1n) is 8.20. The van der Waals surface area contributed by atoms with Crippen LogP contribution in [0.4, 0.5) is 70.2 Å². The van der Waals surface area contributed by atoms with Gasteiger partial charge in [-0.05, 0) is 0 Å². The van der Waals surface area contributed by atoms with E-state index >= 15 is 0 Å². The van der Waals surface area contributed by atoms with Crippen molar-refractivity contribution < 1.29 is 75.0 Å². The molecule has 0 aromatic rings. The van der Waals surface area contributed by atoms with Crippen LogP contribution in [0.15, 0.2) is 25.3 Å². The van der Waals surface area contributed by atoms with Crippen LogP contribution in [0.1, 0.15) is 0 Å². The van der Waals surface area contributed by atoms with Crippen LogP contribution in [0, 0.1) is 0 Å². The van der Waals surface area contributed by atoms with Crippen molar-refractivity contribution in [2.75, 3.05) is 0 Å². The molecule has 0 fully saturated rings. The average Bonchev–Trinajstić information content (AvgIpc) is 2.71. The topological polar surface area (TPSA) is 9.23 Å². The minimum Gasteiger partial charge on any atom is -0.360 e. The van der Waals surface area contributed by atoms with Gasteiger partial charge in [0.05, 0.1) is 0 Å². The zero-order valence-electron chi connectivity index (χ0n) is 15.6. The minimum absolute atomic E-state index is 0.263. The lowest BCUT2D eigenvalue weighted by Crippen LogP contribution is -2.60. The largest absolute Gasteiger partial charge is 0.360 e. The molecule has 0 heterocycles. The van der Waals surface area contributed by atoms with Gasteiger partial charge in [0.2, 0.25) is 12.3 Å². The molecule has 196 valence electrons. The van der Waals surface area contributed by atoms with E-state index in [4.69, 9.17) is 0 Å². The van der Waals surface area contributed by atoms with Crippen LogP contribution >= 0.6 is 0 Å². The number of hydrogen-bond acceptors (Lipinski definition) is 1. The van der Waals surface area contributed by atoms with Gasteiger partial charge in [-0.15, -0.1) is 13.2 Å². The van der Waals surface area contributed by atoms with Crippen molar-refractivity contribution in [1.29, 1.82) is 0 Å². The lowest BCUT2D eigenvalue weighted by molar-refractivity contribution is -0.300. The molecular formula is C16H14F16O. The van der Waals surface area contributed by atoms with E-state index in [1.807, 2.05) is 0 Å². The number of rotatable bonds is 14. The molecule has 6 unspecified atom stereocenters. The van der Waals surface area contributed by atoms with Crippen molar-refractivity contribution in [2.45, 2.75) is 73.4 Å². The Morgan fingerprint density at radius 2 is 0.667 bits per heavy atom. The molecule has 0 rings (SSSR count). The van der Waals surface area contributed by atoms with E-state index in [9.17, 15) is 70.2 Å². The highest BCUT2D eigenvalue weighted by atomic mass is 19.3. The van der Waals surface area contributed by atoms with Gasteiger partial charge >= 0.3 is 23.7 Å². The van der Waals surface area contributed by atoms with Crippen molar-refractivity contribution in [1.82, 2.24) is 0 Å².